The highest BCUT2D eigenvalue weighted by molar-refractivity contribution is 7.99. The molecule has 1 amide bonds. The second-order valence-electron chi connectivity index (χ2n) is 5.36. The second kappa shape index (κ2) is 6.92. The van der Waals surface area contributed by atoms with Crippen LogP contribution in [0.4, 0.5) is 5.82 Å². The lowest BCUT2D eigenvalue weighted by molar-refractivity contribution is -0.119. The summed E-state index contributed by atoms with van der Waals surface area (Å²) in [5.41, 5.74) is 0. The average molecular weight is 294 g/mol. The molecule has 0 unspecified atom stereocenters. The van der Waals surface area contributed by atoms with Gasteiger partial charge in [0.1, 0.15) is 5.03 Å². The van der Waals surface area contributed by atoms with Crippen molar-refractivity contribution in [3.63, 3.8) is 0 Å². The summed E-state index contributed by atoms with van der Waals surface area (Å²) in [5, 5.41) is 13.0. The maximum Gasteiger partial charge on any atom is 0.217 e. The molecule has 6 heteroatoms. The molecule has 1 aliphatic heterocycles. The Labute approximate surface area is 124 Å². The molecule has 0 atom stereocenters. The molecular formula is C14H22N4OS. The molecule has 20 heavy (non-hydrogen) atoms. The van der Waals surface area contributed by atoms with Gasteiger partial charge in [-0.15, -0.1) is 22.0 Å². The third-order valence-electron chi connectivity index (χ3n) is 3.21. The van der Waals surface area contributed by atoms with E-state index in [0.717, 1.165) is 36.8 Å². The number of nitrogens with one attached hydrogen (secondary N) is 1. The molecule has 0 radical (unpaired) electrons. The van der Waals surface area contributed by atoms with Crippen molar-refractivity contribution >= 4 is 23.5 Å². The van der Waals surface area contributed by atoms with E-state index in [-0.39, 0.29) is 5.91 Å². The fourth-order valence-electron chi connectivity index (χ4n) is 2.33. The largest absolute Gasteiger partial charge is 0.355 e. The minimum atomic E-state index is 0.0540. The fraction of sp³-hybridized carbons (Fsp3) is 0.643. The van der Waals surface area contributed by atoms with Crippen molar-refractivity contribution in [3.05, 3.63) is 12.1 Å². The zero-order chi connectivity index (χ0) is 14.5. The maximum absolute atomic E-state index is 11.0. The molecule has 0 bridgehead atoms. The van der Waals surface area contributed by atoms with E-state index in [1.54, 1.807) is 18.7 Å². The van der Waals surface area contributed by atoms with Gasteiger partial charge in [0.05, 0.1) is 0 Å². The first kappa shape index (κ1) is 15.1. The van der Waals surface area contributed by atoms with Gasteiger partial charge in [-0.05, 0) is 25.0 Å². The zero-order valence-corrected chi connectivity index (χ0v) is 13.1. The number of carbonyl (C=O) groups excluding carboxylic acids is 1. The topological polar surface area (TPSA) is 58.1 Å². The molecule has 0 aromatic carbocycles. The van der Waals surface area contributed by atoms with E-state index < -0.39 is 0 Å². The van der Waals surface area contributed by atoms with Gasteiger partial charge < -0.3 is 10.2 Å². The van der Waals surface area contributed by atoms with Gasteiger partial charge in [-0.2, -0.15) is 0 Å². The molecule has 1 saturated heterocycles. The predicted molar refractivity (Wildman–Crippen MR) is 82.1 cm³/mol. The first-order valence-corrected chi connectivity index (χ1v) is 7.95. The van der Waals surface area contributed by atoms with E-state index in [4.69, 9.17) is 0 Å². The highest BCUT2D eigenvalue weighted by atomic mass is 32.2. The van der Waals surface area contributed by atoms with Crippen LogP contribution in [-0.4, -0.2) is 40.5 Å². The molecular weight excluding hydrogens is 272 g/mol. The minimum absolute atomic E-state index is 0.0540. The molecule has 2 heterocycles. The Morgan fingerprint density at radius 2 is 2.05 bits per heavy atom. The van der Waals surface area contributed by atoms with Crippen molar-refractivity contribution in [1.82, 2.24) is 15.5 Å². The number of rotatable bonds is 4. The van der Waals surface area contributed by atoms with E-state index in [1.165, 1.54) is 0 Å². The normalized spacial score (nSPS) is 16.5. The third-order valence-corrected chi connectivity index (χ3v) is 4.14. The van der Waals surface area contributed by atoms with Crippen molar-refractivity contribution in [3.8, 4) is 0 Å². The molecule has 5 nitrogen and oxygen atoms in total. The van der Waals surface area contributed by atoms with E-state index in [2.05, 4.69) is 34.3 Å². The molecule has 1 aliphatic rings. The summed E-state index contributed by atoms with van der Waals surface area (Å²) < 4.78 is 0. The number of aromatic nitrogens is 2. The van der Waals surface area contributed by atoms with Crippen molar-refractivity contribution in [1.29, 1.82) is 0 Å². The van der Waals surface area contributed by atoms with Crippen LogP contribution in [0.5, 0.6) is 0 Å². The second-order valence-corrected chi connectivity index (χ2v) is 6.96. The number of nitrogens with zero attached hydrogens (tertiary/aromatic N) is 3. The Morgan fingerprint density at radius 3 is 2.55 bits per heavy atom. The average Bonchev–Trinajstić information content (AvgIpc) is 2.39. The van der Waals surface area contributed by atoms with Gasteiger partial charge in [-0.3, -0.25) is 4.79 Å². The van der Waals surface area contributed by atoms with Gasteiger partial charge in [0.2, 0.25) is 5.91 Å². The van der Waals surface area contributed by atoms with Gasteiger partial charge in [-0.25, -0.2) is 0 Å². The number of hydrogen-bond acceptors (Lipinski definition) is 5. The van der Waals surface area contributed by atoms with E-state index in [0.29, 0.717) is 11.3 Å². The van der Waals surface area contributed by atoms with Gasteiger partial charge in [0.25, 0.3) is 0 Å². The molecule has 1 fully saturated rings. The van der Waals surface area contributed by atoms with Crippen molar-refractivity contribution < 1.29 is 4.79 Å². The summed E-state index contributed by atoms with van der Waals surface area (Å²) in [4.78, 5) is 13.3. The number of anilines is 1. The molecule has 110 valence electrons. The van der Waals surface area contributed by atoms with Crippen LogP contribution < -0.4 is 10.2 Å². The monoisotopic (exact) mass is 294 g/mol. The van der Waals surface area contributed by atoms with Crippen molar-refractivity contribution in [2.24, 2.45) is 0 Å². The SMILES string of the molecule is CC(=O)NC1CCN(c2ccc(SC(C)C)nn2)CC1. The quantitative estimate of drug-likeness (QED) is 0.862. The van der Waals surface area contributed by atoms with Crippen molar-refractivity contribution in [2.75, 3.05) is 18.0 Å². The maximum atomic E-state index is 11.0. The summed E-state index contributed by atoms with van der Waals surface area (Å²) in [5.74, 6) is 0.984. The summed E-state index contributed by atoms with van der Waals surface area (Å²) in [6, 6.07) is 4.37. The Kier molecular flexibility index (Phi) is 5.23. The molecule has 2 rings (SSSR count). The van der Waals surface area contributed by atoms with Crippen LogP contribution >= 0.6 is 11.8 Å². The lowest BCUT2D eigenvalue weighted by Gasteiger charge is -2.32. The van der Waals surface area contributed by atoms with Crippen LogP contribution in [0.1, 0.15) is 33.6 Å². The smallest absolute Gasteiger partial charge is 0.217 e. The minimum Gasteiger partial charge on any atom is -0.355 e. The Hall–Kier alpha value is -1.30. The number of piperidine rings is 1. The van der Waals surface area contributed by atoms with E-state index in [9.17, 15) is 4.79 Å². The first-order chi connectivity index (χ1) is 9.54. The number of carbonyl (C=O) groups is 1. The Balaban J connectivity index is 1.88. The molecule has 0 spiro atoms. The highest BCUT2D eigenvalue weighted by Gasteiger charge is 2.20. The van der Waals surface area contributed by atoms with Gasteiger partial charge >= 0.3 is 0 Å². The summed E-state index contributed by atoms with van der Waals surface area (Å²) in [6.07, 6.45) is 1.92. The van der Waals surface area contributed by atoms with Crippen LogP contribution in [0.25, 0.3) is 0 Å². The van der Waals surface area contributed by atoms with E-state index in [1.807, 2.05) is 12.1 Å². The molecule has 1 aromatic heterocycles. The van der Waals surface area contributed by atoms with Crippen LogP contribution in [0.15, 0.2) is 17.2 Å². The van der Waals surface area contributed by atoms with Crippen LogP contribution in [-0.2, 0) is 4.79 Å². The fourth-order valence-corrected chi connectivity index (χ4v) is 3.04. The zero-order valence-electron chi connectivity index (χ0n) is 12.3. The number of hydrogen-bond donors (Lipinski definition) is 1. The standard InChI is InChI=1S/C14H22N4OS/c1-10(2)20-14-5-4-13(16-17-14)18-8-6-12(7-9-18)15-11(3)19/h4-5,10,12H,6-9H2,1-3H3,(H,15,19). The lowest BCUT2D eigenvalue weighted by Crippen LogP contribution is -2.44. The van der Waals surface area contributed by atoms with Gasteiger partial charge in [0, 0.05) is 31.3 Å². The predicted octanol–water partition coefficient (Wildman–Crippen LogP) is 2.08. The number of amides is 1. The van der Waals surface area contributed by atoms with Crippen molar-refractivity contribution in [2.45, 2.75) is 49.9 Å². The first-order valence-electron chi connectivity index (χ1n) is 7.07. The Bertz CT molecular complexity index is 441. The lowest BCUT2D eigenvalue weighted by atomic mass is 10.1. The Morgan fingerprint density at radius 1 is 1.35 bits per heavy atom. The third kappa shape index (κ3) is 4.37. The van der Waals surface area contributed by atoms with Crippen LogP contribution in [0.3, 0.4) is 0 Å². The summed E-state index contributed by atoms with van der Waals surface area (Å²) in [6.45, 7) is 7.69. The highest BCUT2D eigenvalue weighted by Crippen LogP contribution is 2.22. The summed E-state index contributed by atoms with van der Waals surface area (Å²) >= 11 is 1.72. The number of thioether (sulfide) groups is 1. The molecule has 1 aromatic rings. The van der Waals surface area contributed by atoms with Crippen LogP contribution in [0.2, 0.25) is 0 Å². The molecule has 0 saturated carbocycles. The van der Waals surface area contributed by atoms with E-state index >= 15 is 0 Å². The van der Waals surface area contributed by atoms with Gasteiger partial charge in [0.15, 0.2) is 5.82 Å². The summed E-state index contributed by atoms with van der Waals surface area (Å²) in [7, 11) is 0. The van der Waals surface area contributed by atoms with Gasteiger partial charge in [-0.1, -0.05) is 13.8 Å². The molecule has 1 N–H and O–H groups in total. The molecule has 0 aliphatic carbocycles. The van der Waals surface area contributed by atoms with Crippen LogP contribution in [0, 0.1) is 0 Å².